The molecule has 1 N–H and O–H groups in total. The summed E-state index contributed by atoms with van der Waals surface area (Å²) in [5, 5.41) is 3.59. The summed E-state index contributed by atoms with van der Waals surface area (Å²) < 4.78 is 0. The predicted octanol–water partition coefficient (Wildman–Crippen LogP) is 3.39. The van der Waals surface area contributed by atoms with Gasteiger partial charge in [0.25, 0.3) is 5.91 Å². The van der Waals surface area contributed by atoms with Gasteiger partial charge in [0, 0.05) is 37.9 Å². The van der Waals surface area contributed by atoms with Gasteiger partial charge in [-0.2, -0.15) is 0 Å². The van der Waals surface area contributed by atoms with Gasteiger partial charge < -0.3 is 15.1 Å². The fourth-order valence-corrected chi connectivity index (χ4v) is 3.06. The lowest BCUT2D eigenvalue weighted by Crippen LogP contribution is -2.44. The zero-order valence-corrected chi connectivity index (χ0v) is 14.8. The number of likely N-dealkylation sites (N-methyl/N-ethyl adjacent to an activating group) is 1. The molecule has 1 aromatic heterocycles. The van der Waals surface area contributed by atoms with Gasteiger partial charge in [0.15, 0.2) is 0 Å². The molecule has 0 atom stereocenters. The second kappa shape index (κ2) is 7.38. The van der Waals surface area contributed by atoms with E-state index < -0.39 is 0 Å². The van der Waals surface area contributed by atoms with E-state index in [0.29, 0.717) is 21.3 Å². The van der Waals surface area contributed by atoms with Crippen molar-refractivity contribution in [3.05, 3.63) is 52.1 Å². The number of halogens is 2. The van der Waals surface area contributed by atoms with Crippen molar-refractivity contribution in [1.82, 2.24) is 9.88 Å². The van der Waals surface area contributed by atoms with Gasteiger partial charge in [-0.3, -0.25) is 4.79 Å². The summed E-state index contributed by atoms with van der Waals surface area (Å²) >= 11 is 12.2. The number of hydrogen-bond acceptors (Lipinski definition) is 4. The molecule has 24 heavy (non-hydrogen) atoms. The number of pyridine rings is 1. The molecule has 2 heterocycles. The highest BCUT2D eigenvalue weighted by Crippen LogP contribution is 2.30. The predicted molar refractivity (Wildman–Crippen MR) is 98.4 cm³/mol. The van der Waals surface area contributed by atoms with Crippen LogP contribution in [0.1, 0.15) is 10.4 Å². The Morgan fingerprint density at radius 3 is 2.46 bits per heavy atom. The zero-order chi connectivity index (χ0) is 17.1. The van der Waals surface area contributed by atoms with E-state index in [1.165, 1.54) is 0 Å². The van der Waals surface area contributed by atoms with Crippen molar-refractivity contribution < 1.29 is 4.79 Å². The number of carbonyl (C=O) groups is 1. The maximum Gasteiger partial charge on any atom is 0.255 e. The van der Waals surface area contributed by atoms with Crippen LogP contribution < -0.4 is 10.2 Å². The van der Waals surface area contributed by atoms with Crippen molar-refractivity contribution in [2.24, 2.45) is 0 Å². The standard InChI is InChI=1S/C17H18Cl2N4O/c1-22-7-9-23(10-8-22)15-11-12(5-6-20-15)17(24)21-16-13(18)3-2-4-14(16)19/h2-6,11H,7-10H2,1H3,(H,21,24). The summed E-state index contributed by atoms with van der Waals surface area (Å²) in [6, 6.07) is 8.58. The summed E-state index contributed by atoms with van der Waals surface area (Å²) in [6.45, 7) is 3.75. The molecule has 0 radical (unpaired) electrons. The normalized spacial score (nSPS) is 15.4. The first-order chi connectivity index (χ1) is 11.5. The molecule has 1 amide bonds. The molecule has 1 saturated heterocycles. The highest BCUT2D eigenvalue weighted by atomic mass is 35.5. The van der Waals surface area contributed by atoms with Crippen LogP contribution in [-0.4, -0.2) is 49.0 Å². The number of carbonyl (C=O) groups excluding carboxylic acids is 1. The first-order valence-corrected chi connectivity index (χ1v) is 8.45. The van der Waals surface area contributed by atoms with Crippen molar-refractivity contribution >= 4 is 40.6 Å². The number of anilines is 2. The third kappa shape index (κ3) is 3.80. The molecule has 0 saturated carbocycles. The molecule has 7 heteroatoms. The number of piperazine rings is 1. The van der Waals surface area contributed by atoms with Crippen molar-refractivity contribution in [3.63, 3.8) is 0 Å². The Balaban J connectivity index is 1.77. The molecule has 1 fully saturated rings. The molecular formula is C17H18Cl2N4O. The Morgan fingerprint density at radius 1 is 1.12 bits per heavy atom. The Bertz CT molecular complexity index is 725. The van der Waals surface area contributed by atoms with Crippen molar-refractivity contribution in [2.75, 3.05) is 43.4 Å². The van der Waals surface area contributed by atoms with E-state index in [-0.39, 0.29) is 5.91 Å². The van der Waals surface area contributed by atoms with Crippen LogP contribution in [0.15, 0.2) is 36.5 Å². The summed E-state index contributed by atoms with van der Waals surface area (Å²) in [5.41, 5.74) is 0.943. The Morgan fingerprint density at radius 2 is 1.79 bits per heavy atom. The molecule has 0 unspecified atom stereocenters. The van der Waals surface area contributed by atoms with Crippen LogP contribution in [0.3, 0.4) is 0 Å². The van der Waals surface area contributed by atoms with Gasteiger partial charge in [0.1, 0.15) is 5.82 Å². The van der Waals surface area contributed by atoms with Crippen LogP contribution in [0.5, 0.6) is 0 Å². The lowest BCUT2D eigenvalue weighted by molar-refractivity contribution is 0.102. The number of benzene rings is 1. The maximum atomic E-state index is 12.5. The van der Waals surface area contributed by atoms with Crippen LogP contribution in [0.25, 0.3) is 0 Å². The molecule has 126 valence electrons. The fraction of sp³-hybridized carbons (Fsp3) is 0.294. The Labute approximate surface area is 151 Å². The third-order valence-electron chi connectivity index (χ3n) is 4.04. The van der Waals surface area contributed by atoms with Crippen LogP contribution >= 0.6 is 23.2 Å². The van der Waals surface area contributed by atoms with Crippen LogP contribution in [0.4, 0.5) is 11.5 Å². The Hall–Kier alpha value is -1.82. The van der Waals surface area contributed by atoms with Gasteiger partial charge in [-0.1, -0.05) is 29.3 Å². The van der Waals surface area contributed by atoms with E-state index >= 15 is 0 Å². The minimum absolute atomic E-state index is 0.261. The lowest BCUT2D eigenvalue weighted by Gasteiger charge is -2.33. The smallest absolute Gasteiger partial charge is 0.255 e. The quantitative estimate of drug-likeness (QED) is 0.906. The van der Waals surface area contributed by atoms with Gasteiger partial charge >= 0.3 is 0 Å². The second-order valence-corrected chi connectivity index (χ2v) is 6.56. The zero-order valence-electron chi connectivity index (χ0n) is 13.3. The van der Waals surface area contributed by atoms with E-state index in [9.17, 15) is 4.79 Å². The molecule has 0 bridgehead atoms. The SMILES string of the molecule is CN1CCN(c2cc(C(=O)Nc3c(Cl)cccc3Cl)ccn2)CC1. The topological polar surface area (TPSA) is 48.5 Å². The fourth-order valence-electron chi connectivity index (χ4n) is 2.57. The molecule has 1 aliphatic rings. The summed E-state index contributed by atoms with van der Waals surface area (Å²) in [6.07, 6.45) is 1.65. The Kier molecular flexibility index (Phi) is 5.23. The molecule has 1 aliphatic heterocycles. The van der Waals surface area contributed by atoms with E-state index in [2.05, 4.69) is 27.1 Å². The lowest BCUT2D eigenvalue weighted by atomic mass is 10.2. The van der Waals surface area contributed by atoms with E-state index in [1.54, 1.807) is 36.5 Å². The molecule has 5 nitrogen and oxygen atoms in total. The average molecular weight is 365 g/mol. The first-order valence-electron chi connectivity index (χ1n) is 7.69. The van der Waals surface area contributed by atoms with E-state index in [1.807, 2.05) is 0 Å². The minimum Gasteiger partial charge on any atom is -0.354 e. The number of hydrogen-bond donors (Lipinski definition) is 1. The van der Waals surface area contributed by atoms with Gasteiger partial charge in [-0.05, 0) is 31.3 Å². The molecule has 0 spiro atoms. The van der Waals surface area contributed by atoms with Crippen LogP contribution in [-0.2, 0) is 0 Å². The van der Waals surface area contributed by atoms with E-state index in [4.69, 9.17) is 23.2 Å². The monoisotopic (exact) mass is 364 g/mol. The number of aromatic nitrogens is 1. The molecule has 2 aromatic rings. The molecule has 3 rings (SSSR count). The number of para-hydroxylation sites is 1. The number of amides is 1. The van der Waals surface area contributed by atoms with Gasteiger partial charge in [-0.25, -0.2) is 4.98 Å². The van der Waals surface area contributed by atoms with Gasteiger partial charge in [0.05, 0.1) is 15.7 Å². The molecular weight excluding hydrogens is 347 g/mol. The largest absolute Gasteiger partial charge is 0.354 e. The minimum atomic E-state index is -0.261. The highest BCUT2D eigenvalue weighted by molar-refractivity contribution is 6.40. The summed E-state index contributed by atoms with van der Waals surface area (Å²) in [5.74, 6) is 0.545. The van der Waals surface area contributed by atoms with Crippen molar-refractivity contribution in [3.8, 4) is 0 Å². The molecule has 0 aliphatic carbocycles. The second-order valence-electron chi connectivity index (χ2n) is 5.74. The first kappa shape index (κ1) is 17.0. The average Bonchev–Trinajstić information content (AvgIpc) is 2.59. The maximum absolute atomic E-state index is 12.5. The number of rotatable bonds is 3. The highest BCUT2D eigenvalue weighted by Gasteiger charge is 2.17. The van der Waals surface area contributed by atoms with Crippen molar-refractivity contribution in [2.45, 2.75) is 0 Å². The van der Waals surface area contributed by atoms with Crippen LogP contribution in [0.2, 0.25) is 10.0 Å². The van der Waals surface area contributed by atoms with Crippen LogP contribution in [0, 0.1) is 0 Å². The third-order valence-corrected chi connectivity index (χ3v) is 4.67. The summed E-state index contributed by atoms with van der Waals surface area (Å²) in [4.78, 5) is 21.4. The van der Waals surface area contributed by atoms with Gasteiger partial charge in [0.2, 0.25) is 0 Å². The van der Waals surface area contributed by atoms with Gasteiger partial charge in [-0.15, -0.1) is 0 Å². The number of nitrogens with one attached hydrogen (secondary N) is 1. The molecule has 1 aromatic carbocycles. The summed E-state index contributed by atoms with van der Waals surface area (Å²) in [7, 11) is 2.10. The van der Waals surface area contributed by atoms with Crippen molar-refractivity contribution in [1.29, 1.82) is 0 Å². The number of nitrogens with zero attached hydrogens (tertiary/aromatic N) is 3. The van der Waals surface area contributed by atoms with E-state index in [0.717, 1.165) is 32.0 Å².